The molecule has 2 nitrogen and oxygen atoms in total. The molecule has 1 saturated heterocycles. The van der Waals surface area contributed by atoms with E-state index in [9.17, 15) is 4.39 Å². The van der Waals surface area contributed by atoms with Crippen LogP contribution < -0.4 is 5.32 Å². The molecule has 1 N–H and O–H groups in total. The third kappa shape index (κ3) is 3.54. The zero-order valence-electron chi connectivity index (χ0n) is 10.0. The minimum Gasteiger partial charge on any atom is -0.314 e. The molecule has 1 heterocycles. The van der Waals surface area contributed by atoms with Crippen molar-refractivity contribution in [1.29, 1.82) is 0 Å². The molecule has 100 valence electrons. The molecular formula is C13H17BrClFN2. The number of halogens is 3. The van der Waals surface area contributed by atoms with Crippen molar-refractivity contribution in [1.82, 2.24) is 10.2 Å². The maximum absolute atomic E-state index is 13.1. The zero-order valence-corrected chi connectivity index (χ0v) is 12.4. The number of hydrogen-bond donors (Lipinski definition) is 1. The molecule has 0 radical (unpaired) electrons. The summed E-state index contributed by atoms with van der Waals surface area (Å²) in [7, 11) is 0. The molecule has 5 heteroatoms. The Hall–Kier alpha value is -0.420. The Bertz CT molecular complexity index is 408. The van der Waals surface area contributed by atoms with Gasteiger partial charge in [-0.05, 0) is 17.7 Å². The predicted octanol–water partition coefficient (Wildman–Crippen LogP) is 3.14. The summed E-state index contributed by atoms with van der Waals surface area (Å²) in [5.41, 5.74) is 1.07. The van der Waals surface area contributed by atoms with E-state index in [-0.39, 0.29) is 24.3 Å². The van der Waals surface area contributed by atoms with Crippen LogP contribution in [0.4, 0.5) is 4.39 Å². The number of nitrogens with one attached hydrogen (secondary N) is 1. The largest absolute Gasteiger partial charge is 0.314 e. The van der Waals surface area contributed by atoms with Crippen LogP contribution in [-0.4, -0.2) is 31.1 Å². The van der Waals surface area contributed by atoms with Gasteiger partial charge in [0.15, 0.2) is 0 Å². The summed E-state index contributed by atoms with van der Waals surface area (Å²) in [6.45, 7) is 7.85. The molecule has 1 fully saturated rings. The first kappa shape index (κ1) is 15.6. The molecule has 1 aliphatic rings. The summed E-state index contributed by atoms with van der Waals surface area (Å²) in [4.78, 5) is 2.35. The van der Waals surface area contributed by atoms with E-state index in [0.717, 1.165) is 36.2 Å². The highest BCUT2D eigenvalue weighted by atomic mass is 79.9. The van der Waals surface area contributed by atoms with Crippen LogP contribution >= 0.6 is 28.3 Å². The van der Waals surface area contributed by atoms with Crippen LogP contribution in [0.2, 0.25) is 0 Å². The van der Waals surface area contributed by atoms with E-state index in [1.807, 2.05) is 12.1 Å². The van der Waals surface area contributed by atoms with Crippen molar-refractivity contribution in [2.75, 3.05) is 26.2 Å². The van der Waals surface area contributed by atoms with E-state index in [2.05, 4.69) is 32.7 Å². The molecule has 0 unspecified atom stereocenters. The van der Waals surface area contributed by atoms with Crippen molar-refractivity contribution in [2.45, 2.75) is 6.04 Å². The number of rotatable bonds is 3. The van der Waals surface area contributed by atoms with E-state index in [0.29, 0.717) is 0 Å². The third-order valence-corrected chi connectivity index (χ3v) is 3.74. The number of piperazine rings is 1. The summed E-state index contributed by atoms with van der Waals surface area (Å²) < 4.78 is 13.9. The Labute approximate surface area is 122 Å². The Morgan fingerprint density at radius 3 is 2.61 bits per heavy atom. The summed E-state index contributed by atoms with van der Waals surface area (Å²) in [5, 5.41) is 3.32. The number of benzene rings is 1. The fourth-order valence-corrected chi connectivity index (χ4v) is 2.76. The van der Waals surface area contributed by atoms with Crippen LogP contribution in [-0.2, 0) is 0 Å². The first-order valence-electron chi connectivity index (χ1n) is 5.74. The molecule has 2 rings (SSSR count). The Balaban J connectivity index is 0.00000162. The maximum Gasteiger partial charge on any atom is 0.124 e. The first-order valence-corrected chi connectivity index (χ1v) is 6.54. The van der Waals surface area contributed by atoms with Crippen molar-refractivity contribution in [2.24, 2.45) is 0 Å². The van der Waals surface area contributed by atoms with Gasteiger partial charge in [-0.1, -0.05) is 28.1 Å². The lowest BCUT2D eigenvalue weighted by Gasteiger charge is -2.33. The summed E-state index contributed by atoms with van der Waals surface area (Å²) in [6.07, 6.45) is 1.92. The van der Waals surface area contributed by atoms with Gasteiger partial charge in [-0.15, -0.1) is 19.0 Å². The molecule has 0 bridgehead atoms. The topological polar surface area (TPSA) is 15.3 Å². The van der Waals surface area contributed by atoms with Crippen LogP contribution in [0.15, 0.2) is 35.3 Å². The summed E-state index contributed by atoms with van der Waals surface area (Å²) in [6, 6.07) is 4.98. The Morgan fingerprint density at radius 1 is 1.39 bits per heavy atom. The fraction of sp³-hybridized carbons (Fsp3) is 0.385. The van der Waals surface area contributed by atoms with Gasteiger partial charge < -0.3 is 5.32 Å². The highest BCUT2D eigenvalue weighted by Gasteiger charge is 2.21. The molecule has 1 aliphatic heterocycles. The zero-order chi connectivity index (χ0) is 12.3. The molecule has 0 aliphatic carbocycles. The molecule has 1 atom stereocenters. The maximum atomic E-state index is 13.1. The van der Waals surface area contributed by atoms with E-state index in [1.165, 1.54) is 12.1 Å². The second-order valence-electron chi connectivity index (χ2n) is 4.13. The fourth-order valence-electron chi connectivity index (χ4n) is 2.17. The summed E-state index contributed by atoms with van der Waals surface area (Å²) >= 11 is 3.43. The Kier molecular flexibility index (Phi) is 6.29. The monoisotopic (exact) mass is 334 g/mol. The van der Waals surface area contributed by atoms with Gasteiger partial charge in [0.25, 0.3) is 0 Å². The molecular weight excluding hydrogens is 319 g/mol. The third-order valence-electron chi connectivity index (χ3n) is 3.05. The van der Waals surface area contributed by atoms with Crippen LogP contribution in [0.1, 0.15) is 11.6 Å². The van der Waals surface area contributed by atoms with Crippen molar-refractivity contribution in [3.63, 3.8) is 0 Å². The molecule has 0 saturated carbocycles. The van der Waals surface area contributed by atoms with Crippen molar-refractivity contribution in [3.05, 3.63) is 46.7 Å². The smallest absolute Gasteiger partial charge is 0.124 e. The average molecular weight is 336 g/mol. The van der Waals surface area contributed by atoms with Crippen molar-refractivity contribution < 1.29 is 4.39 Å². The van der Waals surface area contributed by atoms with Gasteiger partial charge in [0.1, 0.15) is 5.82 Å². The molecule has 1 aromatic carbocycles. The van der Waals surface area contributed by atoms with Crippen molar-refractivity contribution in [3.8, 4) is 0 Å². The number of nitrogens with zero attached hydrogens (tertiary/aromatic N) is 1. The van der Waals surface area contributed by atoms with Crippen LogP contribution in [0.25, 0.3) is 0 Å². The van der Waals surface area contributed by atoms with E-state index in [4.69, 9.17) is 0 Å². The molecule has 1 aromatic rings. The van der Waals surface area contributed by atoms with Gasteiger partial charge in [-0.2, -0.15) is 0 Å². The lowest BCUT2D eigenvalue weighted by Crippen LogP contribution is -2.44. The van der Waals surface area contributed by atoms with Gasteiger partial charge >= 0.3 is 0 Å². The average Bonchev–Trinajstić information content (AvgIpc) is 2.34. The van der Waals surface area contributed by atoms with E-state index >= 15 is 0 Å². The quantitative estimate of drug-likeness (QED) is 0.854. The first-order chi connectivity index (χ1) is 8.22. The normalized spacial score (nSPS) is 17.9. The predicted molar refractivity (Wildman–Crippen MR) is 78.7 cm³/mol. The molecule has 0 spiro atoms. The van der Waals surface area contributed by atoms with Gasteiger partial charge in [-0.3, -0.25) is 4.90 Å². The molecule has 18 heavy (non-hydrogen) atoms. The van der Waals surface area contributed by atoms with Crippen LogP contribution in [0.3, 0.4) is 0 Å². The number of hydrogen-bond acceptors (Lipinski definition) is 2. The highest BCUT2D eigenvalue weighted by molar-refractivity contribution is 9.10. The van der Waals surface area contributed by atoms with Crippen LogP contribution in [0.5, 0.6) is 0 Å². The van der Waals surface area contributed by atoms with Gasteiger partial charge in [0.2, 0.25) is 0 Å². The second kappa shape index (κ2) is 7.24. The molecule has 0 aromatic heterocycles. The van der Waals surface area contributed by atoms with Gasteiger partial charge in [0, 0.05) is 30.7 Å². The van der Waals surface area contributed by atoms with Crippen molar-refractivity contribution >= 4 is 28.3 Å². The van der Waals surface area contributed by atoms with Gasteiger partial charge in [-0.25, -0.2) is 4.39 Å². The van der Waals surface area contributed by atoms with E-state index < -0.39 is 0 Å². The van der Waals surface area contributed by atoms with Crippen LogP contribution in [0, 0.1) is 5.82 Å². The van der Waals surface area contributed by atoms with Gasteiger partial charge in [0.05, 0.1) is 6.04 Å². The summed E-state index contributed by atoms with van der Waals surface area (Å²) in [5.74, 6) is -0.219. The Morgan fingerprint density at radius 2 is 2.06 bits per heavy atom. The minimum atomic E-state index is -0.219. The highest BCUT2D eigenvalue weighted by Crippen LogP contribution is 2.29. The SMILES string of the molecule is C=C[C@@H](c1ccc(F)cc1Br)N1CCNCC1.Cl. The van der Waals surface area contributed by atoms with E-state index in [1.54, 1.807) is 0 Å². The molecule has 0 amide bonds. The second-order valence-corrected chi connectivity index (χ2v) is 4.99. The standard InChI is InChI=1S/C13H16BrFN2.ClH/c1-2-13(17-7-5-16-6-8-17)11-4-3-10(15)9-12(11)14;/h2-4,9,13,16H,1,5-8H2;1H/t13-;/m0./s1. The lowest BCUT2D eigenvalue weighted by atomic mass is 10.0. The minimum absolute atomic E-state index is 0. The lowest BCUT2D eigenvalue weighted by molar-refractivity contribution is 0.203.